The van der Waals surface area contributed by atoms with E-state index in [0.717, 1.165) is 35.5 Å². The number of halogens is 3. The predicted molar refractivity (Wildman–Crippen MR) is 100 cm³/mol. The summed E-state index contributed by atoms with van der Waals surface area (Å²) in [5.74, 6) is 0.235. The molecule has 1 saturated heterocycles. The Balaban J connectivity index is 1.47. The van der Waals surface area contributed by atoms with Gasteiger partial charge in [-0.1, -0.05) is 19.3 Å². The molecular weight excluding hydrogens is 383 g/mol. The Hall–Kier alpha value is -2.19. The van der Waals surface area contributed by atoms with Crippen molar-refractivity contribution in [2.75, 3.05) is 13.1 Å². The van der Waals surface area contributed by atoms with Gasteiger partial charge in [0.05, 0.1) is 0 Å². The molecule has 0 spiro atoms. The van der Waals surface area contributed by atoms with Gasteiger partial charge in [0.2, 0.25) is 5.91 Å². The van der Waals surface area contributed by atoms with E-state index in [9.17, 15) is 18.0 Å². The van der Waals surface area contributed by atoms with Gasteiger partial charge >= 0.3 is 6.18 Å². The maximum absolute atomic E-state index is 12.9. The number of likely N-dealkylation sites (tertiary alicyclic amines) is 1. The molecule has 0 aromatic carbocycles. The third-order valence-corrected chi connectivity index (χ3v) is 6.54. The molecule has 29 heavy (non-hydrogen) atoms. The van der Waals surface area contributed by atoms with Crippen LogP contribution < -0.4 is 0 Å². The molecule has 9 heteroatoms. The summed E-state index contributed by atoms with van der Waals surface area (Å²) in [5, 5.41) is 3.57. The van der Waals surface area contributed by atoms with Crippen molar-refractivity contribution in [2.45, 2.75) is 65.0 Å². The molecule has 1 saturated carbocycles. The molecule has 2 fully saturated rings. The van der Waals surface area contributed by atoms with Crippen LogP contribution in [-0.4, -0.2) is 43.5 Å². The van der Waals surface area contributed by atoms with Crippen LogP contribution in [0.15, 0.2) is 0 Å². The number of aromatic nitrogens is 4. The fraction of sp³-hybridized carbons (Fsp3) is 0.700. The van der Waals surface area contributed by atoms with Gasteiger partial charge in [-0.05, 0) is 50.5 Å². The summed E-state index contributed by atoms with van der Waals surface area (Å²) in [4.78, 5) is 22.4. The van der Waals surface area contributed by atoms with E-state index in [1.165, 1.54) is 25.7 Å². The predicted octanol–water partition coefficient (Wildman–Crippen LogP) is 3.73. The van der Waals surface area contributed by atoms with E-state index in [2.05, 4.69) is 15.1 Å². The molecule has 1 amide bonds. The lowest BCUT2D eigenvalue weighted by molar-refractivity contribution is -0.144. The molecule has 6 nitrogen and oxygen atoms in total. The maximum Gasteiger partial charge on any atom is 0.453 e. The first kappa shape index (κ1) is 20.1. The quantitative estimate of drug-likeness (QED) is 0.775. The van der Waals surface area contributed by atoms with Gasteiger partial charge in [-0.2, -0.15) is 18.2 Å². The first-order chi connectivity index (χ1) is 13.7. The first-order valence-corrected chi connectivity index (χ1v) is 10.3. The third kappa shape index (κ3) is 3.96. The van der Waals surface area contributed by atoms with E-state index < -0.39 is 12.0 Å². The van der Waals surface area contributed by atoms with Gasteiger partial charge in [-0.25, -0.2) is 9.50 Å². The number of piperidine rings is 1. The summed E-state index contributed by atoms with van der Waals surface area (Å²) < 4.78 is 39.9. The molecule has 1 aliphatic heterocycles. The Labute approximate surface area is 167 Å². The SMILES string of the molecule is Cc1nc2nc(C(F)(F)F)nn2c(C)c1CCC(=O)N1CC[C@@H]2CCCC[C@@H]2C1. The average Bonchev–Trinajstić information content (AvgIpc) is 3.12. The van der Waals surface area contributed by atoms with Crippen LogP contribution in [0.5, 0.6) is 0 Å². The summed E-state index contributed by atoms with van der Waals surface area (Å²) in [7, 11) is 0. The zero-order chi connectivity index (χ0) is 20.8. The molecule has 3 heterocycles. The van der Waals surface area contributed by atoms with E-state index in [0.29, 0.717) is 30.1 Å². The smallest absolute Gasteiger partial charge is 0.342 e. The van der Waals surface area contributed by atoms with Gasteiger partial charge < -0.3 is 4.90 Å². The number of amides is 1. The maximum atomic E-state index is 12.9. The van der Waals surface area contributed by atoms with Crippen LogP contribution >= 0.6 is 0 Å². The average molecular weight is 409 g/mol. The summed E-state index contributed by atoms with van der Waals surface area (Å²) >= 11 is 0. The van der Waals surface area contributed by atoms with E-state index in [1.54, 1.807) is 13.8 Å². The number of alkyl halides is 3. The van der Waals surface area contributed by atoms with E-state index in [4.69, 9.17) is 0 Å². The second-order valence-electron chi connectivity index (χ2n) is 8.34. The minimum absolute atomic E-state index is 0.0678. The lowest BCUT2D eigenvalue weighted by Gasteiger charge is -2.41. The monoisotopic (exact) mass is 409 g/mol. The molecule has 0 radical (unpaired) electrons. The Morgan fingerprint density at radius 3 is 2.55 bits per heavy atom. The molecule has 2 aromatic heterocycles. The lowest BCUT2D eigenvalue weighted by Crippen LogP contribution is -2.44. The fourth-order valence-electron chi connectivity index (χ4n) is 4.91. The van der Waals surface area contributed by atoms with Crippen LogP contribution in [0.2, 0.25) is 0 Å². The minimum atomic E-state index is -4.62. The van der Waals surface area contributed by atoms with Crippen LogP contribution in [0.3, 0.4) is 0 Å². The van der Waals surface area contributed by atoms with E-state index in [1.807, 2.05) is 4.90 Å². The Bertz CT molecular complexity index is 923. The summed E-state index contributed by atoms with van der Waals surface area (Å²) in [6, 6.07) is 0. The van der Waals surface area contributed by atoms with Gasteiger partial charge in [-0.15, -0.1) is 5.10 Å². The molecule has 2 aliphatic rings. The second kappa shape index (κ2) is 7.57. The highest BCUT2D eigenvalue weighted by atomic mass is 19.4. The normalized spacial score (nSPS) is 22.7. The molecular formula is C20H26F3N5O. The molecule has 4 rings (SSSR count). The Morgan fingerprint density at radius 2 is 1.83 bits per heavy atom. The topological polar surface area (TPSA) is 63.4 Å². The number of aryl methyl sites for hydroxylation is 2. The highest BCUT2D eigenvalue weighted by molar-refractivity contribution is 5.76. The van der Waals surface area contributed by atoms with Crippen LogP contribution in [0.4, 0.5) is 13.2 Å². The molecule has 2 atom stereocenters. The van der Waals surface area contributed by atoms with Crippen LogP contribution in [0, 0.1) is 25.7 Å². The molecule has 158 valence electrons. The highest BCUT2D eigenvalue weighted by Gasteiger charge is 2.37. The fourth-order valence-corrected chi connectivity index (χ4v) is 4.91. The lowest BCUT2D eigenvalue weighted by atomic mass is 9.75. The largest absolute Gasteiger partial charge is 0.453 e. The second-order valence-corrected chi connectivity index (χ2v) is 8.34. The molecule has 0 unspecified atom stereocenters. The van der Waals surface area contributed by atoms with Crippen molar-refractivity contribution in [1.29, 1.82) is 0 Å². The van der Waals surface area contributed by atoms with Gasteiger partial charge in [0.15, 0.2) is 0 Å². The summed E-state index contributed by atoms with van der Waals surface area (Å²) in [5.41, 5.74) is 1.90. The van der Waals surface area contributed by atoms with Crippen LogP contribution in [0.1, 0.15) is 61.3 Å². The molecule has 2 aromatic rings. The zero-order valence-electron chi connectivity index (χ0n) is 16.8. The zero-order valence-corrected chi connectivity index (χ0v) is 16.8. The Kier molecular flexibility index (Phi) is 5.25. The first-order valence-electron chi connectivity index (χ1n) is 10.3. The number of carbonyl (C=O) groups excluding carboxylic acids is 1. The number of hydrogen-bond donors (Lipinski definition) is 0. The van der Waals surface area contributed by atoms with Gasteiger partial charge in [0.1, 0.15) is 0 Å². The molecule has 0 bridgehead atoms. The van der Waals surface area contributed by atoms with Crippen molar-refractivity contribution in [3.8, 4) is 0 Å². The highest BCUT2D eigenvalue weighted by Crippen LogP contribution is 2.36. The number of rotatable bonds is 3. The van der Waals surface area contributed by atoms with Crippen molar-refractivity contribution in [3.05, 3.63) is 22.8 Å². The standard InChI is InChI=1S/C20H26F3N5O/c1-12-16(13(2)28-19(24-12)25-18(26-28)20(21,22)23)7-8-17(29)27-10-9-14-5-3-4-6-15(14)11-27/h14-15H,3-11H2,1-2H3/t14-,15+/m0/s1. The number of nitrogens with zero attached hydrogens (tertiary/aromatic N) is 5. The molecule has 1 aliphatic carbocycles. The summed E-state index contributed by atoms with van der Waals surface area (Å²) in [6.07, 6.45) is 2.29. The van der Waals surface area contributed by atoms with Crippen molar-refractivity contribution in [1.82, 2.24) is 24.5 Å². The Morgan fingerprint density at radius 1 is 1.10 bits per heavy atom. The van der Waals surface area contributed by atoms with Crippen molar-refractivity contribution in [3.63, 3.8) is 0 Å². The van der Waals surface area contributed by atoms with E-state index >= 15 is 0 Å². The molecule has 0 N–H and O–H groups in total. The van der Waals surface area contributed by atoms with Crippen LogP contribution in [0.25, 0.3) is 5.78 Å². The van der Waals surface area contributed by atoms with Gasteiger partial charge in [0.25, 0.3) is 11.6 Å². The van der Waals surface area contributed by atoms with E-state index in [-0.39, 0.29) is 11.7 Å². The number of carbonyl (C=O) groups is 1. The number of hydrogen-bond acceptors (Lipinski definition) is 4. The number of fused-ring (bicyclic) bond motifs is 2. The third-order valence-electron chi connectivity index (χ3n) is 6.54. The summed E-state index contributed by atoms with van der Waals surface area (Å²) in [6.45, 7) is 5.09. The van der Waals surface area contributed by atoms with Crippen molar-refractivity contribution < 1.29 is 18.0 Å². The van der Waals surface area contributed by atoms with Gasteiger partial charge in [0, 0.05) is 30.9 Å². The van der Waals surface area contributed by atoms with Gasteiger partial charge in [-0.3, -0.25) is 4.79 Å². The van der Waals surface area contributed by atoms with Crippen LogP contribution in [-0.2, 0) is 17.4 Å². The minimum Gasteiger partial charge on any atom is -0.342 e. The van der Waals surface area contributed by atoms with Crippen molar-refractivity contribution in [2.24, 2.45) is 11.8 Å². The van der Waals surface area contributed by atoms with Crippen molar-refractivity contribution >= 4 is 11.7 Å².